The number of hydrogen-bond acceptors (Lipinski definition) is 5. The SMILES string of the molecule is O=C(Nc1ccc2c(c1)C(N1CCOCC1)=Nc1cc(Cl)ccc1O2)c1ccccc1. The average molecular weight is 434 g/mol. The minimum Gasteiger partial charge on any atom is -0.454 e. The number of ether oxygens (including phenoxy) is 2. The van der Waals surface area contributed by atoms with Gasteiger partial charge in [-0.2, -0.15) is 0 Å². The average Bonchev–Trinajstić information content (AvgIpc) is 2.96. The zero-order valence-electron chi connectivity index (χ0n) is 16.7. The van der Waals surface area contributed by atoms with Crippen molar-refractivity contribution in [1.29, 1.82) is 0 Å². The van der Waals surface area contributed by atoms with Crippen molar-refractivity contribution in [3.63, 3.8) is 0 Å². The van der Waals surface area contributed by atoms with Gasteiger partial charge in [-0.05, 0) is 48.5 Å². The van der Waals surface area contributed by atoms with Gasteiger partial charge in [-0.25, -0.2) is 4.99 Å². The molecule has 6 nitrogen and oxygen atoms in total. The number of aliphatic imine (C=N–C) groups is 1. The first-order valence-corrected chi connectivity index (χ1v) is 10.4. The lowest BCUT2D eigenvalue weighted by Crippen LogP contribution is -2.41. The van der Waals surface area contributed by atoms with Crippen LogP contribution in [0, 0.1) is 0 Å². The van der Waals surface area contributed by atoms with E-state index in [9.17, 15) is 4.79 Å². The molecular formula is C24H20ClN3O3. The van der Waals surface area contributed by atoms with E-state index >= 15 is 0 Å². The number of rotatable bonds is 2. The fourth-order valence-electron chi connectivity index (χ4n) is 3.64. The van der Waals surface area contributed by atoms with Gasteiger partial charge in [0.1, 0.15) is 17.3 Å². The Morgan fingerprint density at radius 1 is 0.968 bits per heavy atom. The minimum atomic E-state index is -0.171. The predicted molar refractivity (Wildman–Crippen MR) is 121 cm³/mol. The highest BCUT2D eigenvalue weighted by Crippen LogP contribution is 2.40. The summed E-state index contributed by atoms with van der Waals surface area (Å²) in [6.45, 7) is 2.69. The number of anilines is 1. The highest BCUT2D eigenvalue weighted by atomic mass is 35.5. The first-order chi connectivity index (χ1) is 15.2. The molecule has 3 aromatic carbocycles. The number of benzene rings is 3. The van der Waals surface area contributed by atoms with Crippen molar-refractivity contribution in [2.75, 3.05) is 31.6 Å². The van der Waals surface area contributed by atoms with E-state index in [2.05, 4.69) is 10.2 Å². The Kier molecular flexibility index (Phi) is 5.32. The zero-order chi connectivity index (χ0) is 21.2. The molecule has 1 saturated heterocycles. The first-order valence-electron chi connectivity index (χ1n) is 10.1. The topological polar surface area (TPSA) is 63.2 Å². The molecule has 2 aliphatic rings. The second-order valence-electron chi connectivity index (χ2n) is 7.28. The molecule has 2 heterocycles. The summed E-state index contributed by atoms with van der Waals surface area (Å²) in [5.74, 6) is 1.91. The third-order valence-corrected chi connectivity index (χ3v) is 5.43. The molecule has 0 unspecified atom stereocenters. The monoisotopic (exact) mass is 433 g/mol. The van der Waals surface area contributed by atoms with Crippen LogP contribution in [0.2, 0.25) is 5.02 Å². The Morgan fingerprint density at radius 2 is 1.74 bits per heavy atom. The van der Waals surface area contributed by atoms with Crippen molar-refractivity contribution >= 4 is 34.7 Å². The Balaban J connectivity index is 1.55. The highest BCUT2D eigenvalue weighted by Gasteiger charge is 2.25. The molecule has 7 heteroatoms. The molecule has 156 valence electrons. The molecule has 31 heavy (non-hydrogen) atoms. The van der Waals surface area contributed by atoms with Crippen molar-refractivity contribution in [1.82, 2.24) is 4.90 Å². The number of amides is 1. The molecule has 0 atom stereocenters. The van der Waals surface area contributed by atoms with E-state index in [1.165, 1.54) is 0 Å². The summed E-state index contributed by atoms with van der Waals surface area (Å²) in [5.41, 5.74) is 2.74. The molecule has 0 saturated carbocycles. The van der Waals surface area contributed by atoms with Gasteiger partial charge >= 0.3 is 0 Å². The van der Waals surface area contributed by atoms with Crippen LogP contribution >= 0.6 is 11.6 Å². The van der Waals surface area contributed by atoms with Gasteiger partial charge in [-0.3, -0.25) is 4.79 Å². The second-order valence-corrected chi connectivity index (χ2v) is 7.72. The molecule has 0 radical (unpaired) electrons. The fraction of sp³-hybridized carbons (Fsp3) is 0.167. The summed E-state index contributed by atoms with van der Waals surface area (Å²) in [6.07, 6.45) is 0. The summed E-state index contributed by atoms with van der Waals surface area (Å²) in [6, 6.07) is 20.1. The molecule has 0 spiro atoms. The molecule has 3 aromatic rings. The summed E-state index contributed by atoms with van der Waals surface area (Å²) in [5, 5.41) is 3.56. The molecular weight excluding hydrogens is 414 g/mol. The lowest BCUT2D eigenvalue weighted by molar-refractivity contribution is 0.0683. The van der Waals surface area contributed by atoms with Crippen molar-refractivity contribution in [2.24, 2.45) is 4.99 Å². The Bertz CT molecular complexity index is 1160. The largest absolute Gasteiger partial charge is 0.454 e. The van der Waals surface area contributed by atoms with E-state index in [4.69, 9.17) is 26.1 Å². The number of halogens is 1. The Morgan fingerprint density at radius 3 is 2.55 bits per heavy atom. The van der Waals surface area contributed by atoms with Crippen LogP contribution in [0.25, 0.3) is 0 Å². The zero-order valence-corrected chi connectivity index (χ0v) is 17.4. The number of carbonyl (C=O) groups excluding carboxylic acids is 1. The van der Waals surface area contributed by atoms with Crippen LogP contribution in [0.4, 0.5) is 11.4 Å². The summed E-state index contributed by atoms with van der Waals surface area (Å²) < 4.78 is 11.7. The molecule has 0 aromatic heterocycles. The number of fused-ring (bicyclic) bond motifs is 2. The van der Waals surface area contributed by atoms with Crippen LogP contribution < -0.4 is 10.1 Å². The lowest BCUT2D eigenvalue weighted by atomic mass is 10.1. The Hall–Kier alpha value is -3.35. The molecule has 0 aliphatic carbocycles. The van der Waals surface area contributed by atoms with Gasteiger partial charge < -0.3 is 19.7 Å². The first kappa shape index (κ1) is 19.6. The quantitative estimate of drug-likeness (QED) is 0.610. The van der Waals surface area contributed by atoms with E-state index in [1.807, 2.05) is 42.5 Å². The van der Waals surface area contributed by atoms with Gasteiger partial charge in [0.2, 0.25) is 0 Å². The van der Waals surface area contributed by atoms with Gasteiger partial charge in [0.05, 0.1) is 18.8 Å². The van der Waals surface area contributed by atoms with E-state index in [-0.39, 0.29) is 5.91 Å². The maximum absolute atomic E-state index is 12.6. The van der Waals surface area contributed by atoms with Crippen molar-refractivity contribution in [3.8, 4) is 11.5 Å². The third-order valence-electron chi connectivity index (χ3n) is 5.19. The van der Waals surface area contributed by atoms with Crippen molar-refractivity contribution < 1.29 is 14.3 Å². The van der Waals surface area contributed by atoms with E-state index in [1.54, 1.807) is 24.3 Å². The van der Waals surface area contributed by atoms with E-state index in [0.29, 0.717) is 46.7 Å². The number of nitrogens with one attached hydrogen (secondary N) is 1. The van der Waals surface area contributed by atoms with Crippen LogP contribution in [-0.2, 0) is 4.74 Å². The van der Waals surface area contributed by atoms with Crippen LogP contribution in [0.3, 0.4) is 0 Å². The van der Waals surface area contributed by atoms with Gasteiger partial charge in [0.15, 0.2) is 5.75 Å². The maximum Gasteiger partial charge on any atom is 0.255 e. The maximum atomic E-state index is 12.6. The molecule has 1 fully saturated rings. The van der Waals surface area contributed by atoms with Crippen molar-refractivity contribution in [2.45, 2.75) is 0 Å². The smallest absolute Gasteiger partial charge is 0.255 e. The minimum absolute atomic E-state index is 0.171. The number of nitrogens with zero attached hydrogens (tertiary/aromatic N) is 2. The molecule has 1 amide bonds. The molecule has 0 bridgehead atoms. The predicted octanol–water partition coefficient (Wildman–Crippen LogP) is 5.11. The van der Waals surface area contributed by atoms with Gasteiger partial charge in [0.25, 0.3) is 5.91 Å². The van der Waals surface area contributed by atoms with E-state index < -0.39 is 0 Å². The van der Waals surface area contributed by atoms with E-state index in [0.717, 1.165) is 24.5 Å². The molecule has 2 aliphatic heterocycles. The second kappa shape index (κ2) is 8.41. The fourth-order valence-corrected chi connectivity index (χ4v) is 3.80. The number of carbonyl (C=O) groups is 1. The molecule has 5 rings (SSSR count). The van der Waals surface area contributed by atoms with Crippen LogP contribution in [0.5, 0.6) is 11.5 Å². The molecule has 1 N–H and O–H groups in total. The summed E-state index contributed by atoms with van der Waals surface area (Å²) >= 11 is 6.21. The van der Waals surface area contributed by atoms with Crippen molar-refractivity contribution in [3.05, 3.63) is 82.9 Å². The number of hydrogen-bond donors (Lipinski definition) is 1. The summed E-state index contributed by atoms with van der Waals surface area (Å²) in [4.78, 5) is 19.7. The van der Waals surface area contributed by atoms with Gasteiger partial charge in [0, 0.05) is 29.4 Å². The lowest BCUT2D eigenvalue weighted by Gasteiger charge is -2.30. The van der Waals surface area contributed by atoms with Gasteiger partial charge in [-0.1, -0.05) is 29.8 Å². The number of amidine groups is 1. The van der Waals surface area contributed by atoms with Crippen LogP contribution in [0.1, 0.15) is 15.9 Å². The highest BCUT2D eigenvalue weighted by molar-refractivity contribution is 6.31. The third kappa shape index (κ3) is 4.13. The normalized spacial score (nSPS) is 15.1. The Labute approximate surface area is 185 Å². The van der Waals surface area contributed by atoms with Gasteiger partial charge in [-0.15, -0.1) is 0 Å². The summed E-state index contributed by atoms with van der Waals surface area (Å²) in [7, 11) is 0. The number of morpholine rings is 1. The van der Waals surface area contributed by atoms with Crippen LogP contribution in [-0.4, -0.2) is 42.9 Å². The standard InChI is InChI=1S/C24H20ClN3O3/c25-17-6-8-22-20(14-17)27-23(28-10-12-30-13-11-28)19-15-18(7-9-21(19)31-22)26-24(29)16-4-2-1-3-5-16/h1-9,14-15H,10-13H2,(H,26,29). The van der Waals surface area contributed by atoms with Crippen LogP contribution in [0.15, 0.2) is 71.7 Å².